The van der Waals surface area contributed by atoms with E-state index in [0.717, 1.165) is 11.1 Å². The van der Waals surface area contributed by atoms with E-state index in [1.807, 2.05) is 32.0 Å². The van der Waals surface area contributed by atoms with Crippen LogP contribution in [0.2, 0.25) is 15.1 Å². The van der Waals surface area contributed by atoms with Crippen LogP contribution in [0.3, 0.4) is 0 Å². The van der Waals surface area contributed by atoms with Gasteiger partial charge >= 0.3 is 0 Å². The van der Waals surface area contributed by atoms with Gasteiger partial charge in [0.25, 0.3) is 0 Å². The third-order valence-electron chi connectivity index (χ3n) is 4.59. The average Bonchev–Trinajstić information content (AvgIpc) is 2.71. The van der Waals surface area contributed by atoms with Crippen molar-refractivity contribution in [3.05, 3.63) is 68.7 Å². The van der Waals surface area contributed by atoms with Crippen LogP contribution in [0.15, 0.2) is 42.5 Å². The highest BCUT2D eigenvalue weighted by atomic mass is 35.5. The lowest BCUT2D eigenvalue weighted by Gasteiger charge is -2.29. The number of benzene rings is 2. The van der Waals surface area contributed by atoms with E-state index in [0.29, 0.717) is 39.8 Å². The lowest BCUT2D eigenvalue weighted by Crippen LogP contribution is -2.48. The largest absolute Gasteiger partial charge is 0.354 e. The van der Waals surface area contributed by atoms with Crippen LogP contribution in [-0.2, 0) is 21.9 Å². The standard InChI is InChI=1S/C23H27Cl3N2O2S/c1-15(2)11-27-23(30)16(3)28(12-17-5-4-6-19(24)9-17)22(29)14-31-13-18-7-8-20(25)10-21(18)26/h4-10,15-16H,11-14H2,1-3H3,(H,27,30). The molecule has 0 aromatic heterocycles. The van der Waals surface area contributed by atoms with Crippen LogP contribution in [-0.4, -0.2) is 35.1 Å². The van der Waals surface area contributed by atoms with E-state index in [9.17, 15) is 9.59 Å². The van der Waals surface area contributed by atoms with Crippen LogP contribution in [0.1, 0.15) is 31.9 Å². The van der Waals surface area contributed by atoms with Crippen molar-refractivity contribution in [2.45, 2.75) is 39.1 Å². The molecule has 0 saturated heterocycles. The predicted molar refractivity (Wildman–Crippen MR) is 132 cm³/mol. The molecule has 0 bridgehead atoms. The Labute approximate surface area is 203 Å². The molecule has 0 radical (unpaired) electrons. The quantitative estimate of drug-likeness (QED) is 0.430. The minimum absolute atomic E-state index is 0.123. The zero-order valence-electron chi connectivity index (χ0n) is 17.8. The molecule has 2 rings (SSSR count). The molecule has 0 aliphatic rings. The molecule has 1 atom stereocenters. The summed E-state index contributed by atoms with van der Waals surface area (Å²) in [5.41, 5.74) is 1.78. The lowest BCUT2D eigenvalue weighted by molar-refractivity contribution is -0.138. The van der Waals surface area contributed by atoms with Crippen LogP contribution in [0, 0.1) is 5.92 Å². The second-order valence-electron chi connectivity index (χ2n) is 7.70. The Morgan fingerprint density at radius 3 is 2.39 bits per heavy atom. The Balaban J connectivity index is 2.08. The molecular weight excluding hydrogens is 475 g/mol. The van der Waals surface area contributed by atoms with E-state index in [4.69, 9.17) is 34.8 Å². The molecule has 0 saturated carbocycles. The molecule has 2 aromatic carbocycles. The minimum Gasteiger partial charge on any atom is -0.354 e. The van der Waals surface area contributed by atoms with Crippen molar-refractivity contribution < 1.29 is 9.59 Å². The highest BCUT2D eigenvalue weighted by Crippen LogP contribution is 2.25. The zero-order chi connectivity index (χ0) is 23.0. The van der Waals surface area contributed by atoms with Gasteiger partial charge in [-0.25, -0.2) is 0 Å². The van der Waals surface area contributed by atoms with E-state index in [2.05, 4.69) is 5.32 Å². The first-order chi connectivity index (χ1) is 14.7. The number of hydrogen-bond acceptors (Lipinski definition) is 3. The highest BCUT2D eigenvalue weighted by molar-refractivity contribution is 7.99. The van der Waals surface area contributed by atoms with Crippen LogP contribution in [0.5, 0.6) is 0 Å². The topological polar surface area (TPSA) is 49.4 Å². The first kappa shape index (κ1) is 25.9. The Morgan fingerprint density at radius 2 is 1.74 bits per heavy atom. The number of carbonyl (C=O) groups is 2. The molecule has 168 valence electrons. The Morgan fingerprint density at radius 1 is 1.03 bits per heavy atom. The summed E-state index contributed by atoms with van der Waals surface area (Å²) in [5, 5.41) is 4.65. The van der Waals surface area contributed by atoms with Gasteiger partial charge < -0.3 is 10.2 Å². The number of rotatable bonds is 10. The van der Waals surface area contributed by atoms with Gasteiger partial charge in [-0.15, -0.1) is 11.8 Å². The third-order valence-corrected chi connectivity index (χ3v) is 6.38. The minimum atomic E-state index is -0.607. The van der Waals surface area contributed by atoms with Gasteiger partial charge in [0.2, 0.25) is 11.8 Å². The van der Waals surface area contributed by atoms with Gasteiger partial charge in [-0.3, -0.25) is 9.59 Å². The average molecular weight is 502 g/mol. The van der Waals surface area contributed by atoms with Gasteiger partial charge in [0.15, 0.2) is 0 Å². The van der Waals surface area contributed by atoms with Crippen LogP contribution in [0.25, 0.3) is 0 Å². The summed E-state index contributed by atoms with van der Waals surface area (Å²) in [4.78, 5) is 27.3. The molecule has 0 fully saturated rings. The molecule has 0 aliphatic carbocycles. The van der Waals surface area contributed by atoms with Gasteiger partial charge in [-0.1, -0.05) is 66.8 Å². The monoisotopic (exact) mass is 500 g/mol. The molecule has 8 heteroatoms. The van der Waals surface area contributed by atoms with E-state index in [-0.39, 0.29) is 17.6 Å². The van der Waals surface area contributed by atoms with Crippen molar-refractivity contribution in [3.63, 3.8) is 0 Å². The normalized spacial score (nSPS) is 12.0. The summed E-state index contributed by atoms with van der Waals surface area (Å²) in [5.74, 6) is 0.826. The molecular formula is C23H27Cl3N2O2S. The second-order valence-corrected chi connectivity index (χ2v) is 9.96. The zero-order valence-corrected chi connectivity index (χ0v) is 20.9. The maximum atomic E-state index is 13.1. The summed E-state index contributed by atoms with van der Waals surface area (Å²) < 4.78 is 0. The molecule has 2 amide bonds. The molecule has 1 unspecified atom stereocenters. The summed E-state index contributed by atoms with van der Waals surface area (Å²) in [6.07, 6.45) is 0. The molecule has 0 aliphatic heterocycles. The highest BCUT2D eigenvalue weighted by Gasteiger charge is 2.26. The summed E-state index contributed by atoms with van der Waals surface area (Å²) in [6, 6.07) is 12.0. The van der Waals surface area contributed by atoms with Crippen LogP contribution in [0.4, 0.5) is 0 Å². The maximum Gasteiger partial charge on any atom is 0.242 e. The molecule has 2 aromatic rings. The SMILES string of the molecule is CC(C)CNC(=O)C(C)N(Cc1cccc(Cl)c1)C(=O)CSCc1ccc(Cl)cc1Cl. The predicted octanol–water partition coefficient (Wildman–Crippen LogP) is 6.07. The number of thioether (sulfide) groups is 1. The molecule has 0 spiro atoms. The lowest BCUT2D eigenvalue weighted by atomic mass is 10.1. The summed E-state index contributed by atoms with van der Waals surface area (Å²) in [6.45, 7) is 6.67. The first-order valence-corrected chi connectivity index (χ1v) is 12.3. The molecule has 4 nitrogen and oxygen atoms in total. The van der Waals surface area contributed by atoms with Crippen molar-refractivity contribution in [3.8, 4) is 0 Å². The van der Waals surface area contributed by atoms with Crippen LogP contribution < -0.4 is 5.32 Å². The van der Waals surface area contributed by atoms with Gasteiger partial charge in [-0.2, -0.15) is 0 Å². The fourth-order valence-electron chi connectivity index (χ4n) is 2.84. The summed E-state index contributed by atoms with van der Waals surface area (Å²) in [7, 11) is 0. The van der Waals surface area contributed by atoms with Gasteiger partial charge in [0, 0.05) is 33.9 Å². The van der Waals surface area contributed by atoms with Crippen molar-refractivity contribution in [2.24, 2.45) is 5.92 Å². The number of nitrogens with zero attached hydrogens (tertiary/aromatic N) is 1. The molecule has 1 N–H and O–H groups in total. The van der Waals surface area contributed by atoms with Crippen molar-refractivity contribution in [2.75, 3.05) is 12.3 Å². The van der Waals surface area contributed by atoms with Crippen molar-refractivity contribution >= 4 is 58.4 Å². The Bertz CT molecular complexity index is 908. The smallest absolute Gasteiger partial charge is 0.242 e. The molecule has 0 heterocycles. The number of halogens is 3. The second kappa shape index (κ2) is 12.6. The first-order valence-electron chi connectivity index (χ1n) is 10.0. The Kier molecular flexibility index (Phi) is 10.5. The van der Waals surface area contributed by atoms with Crippen molar-refractivity contribution in [1.29, 1.82) is 0 Å². The number of hydrogen-bond donors (Lipinski definition) is 1. The van der Waals surface area contributed by atoms with Crippen molar-refractivity contribution in [1.82, 2.24) is 10.2 Å². The fraction of sp³-hybridized carbons (Fsp3) is 0.391. The third kappa shape index (κ3) is 8.57. The number of nitrogens with one attached hydrogen (secondary N) is 1. The molecule has 31 heavy (non-hydrogen) atoms. The maximum absolute atomic E-state index is 13.1. The Hall–Kier alpha value is -1.40. The van der Waals surface area contributed by atoms with E-state index in [1.54, 1.807) is 36.1 Å². The van der Waals surface area contributed by atoms with Crippen LogP contribution >= 0.6 is 46.6 Å². The fourth-order valence-corrected chi connectivity index (χ4v) is 4.52. The van der Waals surface area contributed by atoms with E-state index in [1.165, 1.54) is 11.8 Å². The van der Waals surface area contributed by atoms with E-state index < -0.39 is 6.04 Å². The number of amides is 2. The van der Waals surface area contributed by atoms with Gasteiger partial charge in [-0.05, 0) is 48.2 Å². The summed E-state index contributed by atoms with van der Waals surface area (Å²) >= 11 is 19.7. The van der Waals surface area contributed by atoms with Gasteiger partial charge in [0.05, 0.1) is 5.75 Å². The van der Waals surface area contributed by atoms with Gasteiger partial charge in [0.1, 0.15) is 6.04 Å². The van der Waals surface area contributed by atoms with E-state index >= 15 is 0 Å². The number of carbonyl (C=O) groups excluding carboxylic acids is 2.